The first-order chi connectivity index (χ1) is 8.90. The van der Waals surface area contributed by atoms with E-state index in [0.29, 0.717) is 12.0 Å². The second-order valence-electron chi connectivity index (χ2n) is 6.19. The first-order valence-electron chi connectivity index (χ1n) is 7.08. The molecule has 1 aromatic rings. The van der Waals surface area contributed by atoms with Crippen molar-refractivity contribution in [2.75, 3.05) is 20.3 Å². The molecule has 0 aromatic carbocycles. The van der Waals surface area contributed by atoms with Gasteiger partial charge < -0.3 is 10.1 Å². The highest BCUT2D eigenvalue weighted by molar-refractivity contribution is 7.09. The lowest BCUT2D eigenvalue weighted by molar-refractivity contribution is 0.139. The lowest BCUT2D eigenvalue weighted by atomic mass is 9.93. The van der Waals surface area contributed by atoms with Gasteiger partial charge in [-0.3, -0.25) is 0 Å². The van der Waals surface area contributed by atoms with Gasteiger partial charge >= 0.3 is 0 Å². The first kappa shape index (κ1) is 16.6. The number of nitrogens with zero attached hydrogens (tertiary/aromatic N) is 1. The van der Waals surface area contributed by atoms with Gasteiger partial charge in [-0.25, -0.2) is 4.98 Å². The summed E-state index contributed by atoms with van der Waals surface area (Å²) in [5, 5.41) is 6.98. The summed E-state index contributed by atoms with van der Waals surface area (Å²) in [7, 11) is 1.76. The Morgan fingerprint density at radius 3 is 2.58 bits per heavy atom. The standard InChI is InChI=1S/C15H28N2OS/c1-7-8-16-13(11(2)9-18-6)14-17-12(10-19-14)15(3,4)5/h10-11,13,16H,7-9H2,1-6H3. The van der Waals surface area contributed by atoms with Crippen LogP contribution in [0.3, 0.4) is 0 Å². The number of ether oxygens (including phenoxy) is 1. The fourth-order valence-electron chi connectivity index (χ4n) is 1.97. The van der Waals surface area contributed by atoms with Gasteiger partial charge in [-0.1, -0.05) is 34.6 Å². The summed E-state index contributed by atoms with van der Waals surface area (Å²) >= 11 is 1.76. The van der Waals surface area contributed by atoms with Crippen molar-refractivity contribution in [2.24, 2.45) is 5.92 Å². The third kappa shape index (κ3) is 4.86. The van der Waals surface area contributed by atoms with Crippen LogP contribution in [-0.4, -0.2) is 25.2 Å². The Morgan fingerprint density at radius 2 is 2.11 bits per heavy atom. The number of aromatic nitrogens is 1. The number of hydrogen-bond donors (Lipinski definition) is 1. The van der Waals surface area contributed by atoms with Crippen LogP contribution in [0.4, 0.5) is 0 Å². The van der Waals surface area contributed by atoms with E-state index in [-0.39, 0.29) is 5.41 Å². The Balaban J connectivity index is 2.87. The molecule has 0 fully saturated rings. The molecular weight excluding hydrogens is 256 g/mol. The minimum atomic E-state index is 0.120. The Bertz CT molecular complexity index is 370. The van der Waals surface area contributed by atoms with Gasteiger partial charge in [0.2, 0.25) is 0 Å². The van der Waals surface area contributed by atoms with Crippen LogP contribution in [0, 0.1) is 5.92 Å². The fraction of sp³-hybridized carbons (Fsp3) is 0.800. The molecule has 1 rings (SSSR count). The number of hydrogen-bond acceptors (Lipinski definition) is 4. The van der Waals surface area contributed by atoms with Crippen molar-refractivity contribution in [1.29, 1.82) is 0 Å². The van der Waals surface area contributed by atoms with Crippen LogP contribution < -0.4 is 5.32 Å². The molecule has 1 heterocycles. The van der Waals surface area contributed by atoms with E-state index in [1.807, 2.05) is 0 Å². The van der Waals surface area contributed by atoms with Gasteiger partial charge in [-0.2, -0.15) is 0 Å². The van der Waals surface area contributed by atoms with Crippen LogP contribution in [-0.2, 0) is 10.2 Å². The molecule has 3 nitrogen and oxygen atoms in total. The fourth-order valence-corrected chi connectivity index (χ4v) is 3.22. The Hall–Kier alpha value is -0.450. The normalized spacial score (nSPS) is 15.5. The molecule has 110 valence electrons. The van der Waals surface area contributed by atoms with Crippen LogP contribution in [0.15, 0.2) is 5.38 Å². The highest BCUT2D eigenvalue weighted by Crippen LogP contribution is 2.30. The molecule has 1 N–H and O–H groups in total. The van der Waals surface area contributed by atoms with Crippen molar-refractivity contribution in [3.8, 4) is 0 Å². The van der Waals surface area contributed by atoms with Crippen LogP contribution in [0.1, 0.15) is 57.8 Å². The van der Waals surface area contributed by atoms with E-state index in [1.165, 1.54) is 10.7 Å². The second-order valence-corrected chi connectivity index (χ2v) is 7.08. The molecule has 0 aliphatic rings. The summed E-state index contributed by atoms with van der Waals surface area (Å²) in [6, 6.07) is 0.293. The number of thiazole rings is 1. The highest BCUT2D eigenvalue weighted by Gasteiger charge is 2.24. The van der Waals surface area contributed by atoms with Gasteiger partial charge in [-0.05, 0) is 13.0 Å². The Labute approximate surface area is 121 Å². The molecule has 19 heavy (non-hydrogen) atoms. The van der Waals surface area contributed by atoms with Gasteiger partial charge in [0.15, 0.2) is 0 Å². The maximum absolute atomic E-state index is 5.30. The van der Waals surface area contributed by atoms with E-state index in [1.54, 1.807) is 18.4 Å². The van der Waals surface area contributed by atoms with Gasteiger partial charge in [0.25, 0.3) is 0 Å². The lowest BCUT2D eigenvalue weighted by Gasteiger charge is -2.23. The average molecular weight is 284 g/mol. The van der Waals surface area contributed by atoms with Crippen molar-refractivity contribution in [3.05, 3.63) is 16.1 Å². The van der Waals surface area contributed by atoms with Gasteiger partial charge in [0.05, 0.1) is 18.3 Å². The van der Waals surface area contributed by atoms with Crippen LogP contribution in [0.5, 0.6) is 0 Å². The number of rotatable bonds is 7. The summed E-state index contributed by atoms with van der Waals surface area (Å²) in [5.74, 6) is 0.426. The SMILES string of the molecule is CCCNC(c1nc(C(C)(C)C)cs1)C(C)COC. The van der Waals surface area contributed by atoms with Crippen LogP contribution >= 0.6 is 11.3 Å². The lowest BCUT2D eigenvalue weighted by Crippen LogP contribution is -2.30. The summed E-state index contributed by atoms with van der Waals surface area (Å²) in [5.41, 5.74) is 1.30. The summed E-state index contributed by atoms with van der Waals surface area (Å²) in [4.78, 5) is 4.84. The predicted octanol–water partition coefficient (Wildman–Crippen LogP) is 3.76. The zero-order valence-electron chi connectivity index (χ0n) is 13.1. The molecular formula is C15H28N2OS. The Morgan fingerprint density at radius 1 is 1.42 bits per heavy atom. The van der Waals surface area contributed by atoms with Crippen LogP contribution in [0.2, 0.25) is 0 Å². The van der Waals surface area contributed by atoms with Gasteiger partial charge in [0, 0.05) is 23.8 Å². The highest BCUT2D eigenvalue weighted by atomic mass is 32.1. The second kappa shape index (κ2) is 7.36. The Kier molecular flexibility index (Phi) is 6.43. The smallest absolute Gasteiger partial charge is 0.110 e. The molecule has 2 unspecified atom stereocenters. The van der Waals surface area contributed by atoms with E-state index >= 15 is 0 Å². The van der Waals surface area contributed by atoms with E-state index in [9.17, 15) is 0 Å². The van der Waals surface area contributed by atoms with Crippen molar-refractivity contribution in [1.82, 2.24) is 10.3 Å². The largest absolute Gasteiger partial charge is 0.384 e. The molecule has 0 aliphatic carbocycles. The maximum atomic E-state index is 5.30. The zero-order valence-corrected chi connectivity index (χ0v) is 13.9. The summed E-state index contributed by atoms with van der Waals surface area (Å²) < 4.78 is 5.30. The summed E-state index contributed by atoms with van der Waals surface area (Å²) in [6.45, 7) is 12.8. The maximum Gasteiger partial charge on any atom is 0.110 e. The number of nitrogens with one attached hydrogen (secondary N) is 1. The average Bonchev–Trinajstić information content (AvgIpc) is 2.79. The molecule has 0 aliphatic heterocycles. The van der Waals surface area contributed by atoms with Crippen molar-refractivity contribution >= 4 is 11.3 Å². The first-order valence-corrected chi connectivity index (χ1v) is 7.96. The molecule has 0 bridgehead atoms. The van der Waals surface area contributed by atoms with Crippen molar-refractivity contribution < 1.29 is 4.74 Å². The molecule has 0 saturated carbocycles. The molecule has 0 radical (unpaired) electrons. The van der Waals surface area contributed by atoms with E-state index in [2.05, 4.69) is 45.3 Å². The van der Waals surface area contributed by atoms with E-state index in [4.69, 9.17) is 9.72 Å². The number of methoxy groups -OCH3 is 1. The van der Waals surface area contributed by atoms with Crippen molar-refractivity contribution in [2.45, 2.75) is 52.5 Å². The minimum Gasteiger partial charge on any atom is -0.384 e. The van der Waals surface area contributed by atoms with Gasteiger partial charge in [-0.15, -0.1) is 11.3 Å². The quantitative estimate of drug-likeness (QED) is 0.827. The molecule has 0 amide bonds. The molecule has 2 atom stereocenters. The topological polar surface area (TPSA) is 34.2 Å². The predicted molar refractivity (Wildman–Crippen MR) is 82.9 cm³/mol. The third-order valence-electron chi connectivity index (χ3n) is 3.17. The van der Waals surface area contributed by atoms with E-state index < -0.39 is 0 Å². The third-order valence-corrected chi connectivity index (χ3v) is 4.10. The van der Waals surface area contributed by atoms with Gasteiger partial charge in [0.1, 0.15) is 5.01 Å². The monoisotopic (exact) mass is 284 g/mol. The van der Waals surface area contributed by atoms with E-state index in [0.717, 1.165) is 19.6 Å². The molecule has 4 heteroatoms. The zero-order chi connectivity index (χ0) is 14.5. The minimum absolute atomic E-state index is 0.120. The molecule has 0 saturated heterocycles. The van der Waals surface area contributed by atoms with Crippen LogP contribution in [0.25, 0.3) is 0 Å². The molecule has 0 spiro atoms. The van der Waals surface area contributed by atoms with Crippen molar-refractivity contribution in [3.63, 3.8) is 0 Å². The molecule has 1 aromatic heterocycles. The summed E-state index contributed by atoms with van der Waals surface area (Å²) in [6.07, 6.45) is 1.13.